The van der Waals surface area contributed by atoms with Gasteiger partial charge in [0.1, 0.15) is 0 Å². The molecule has 0 radical (unpaired) electrons. The van der Waals surface area contributed by atoms with Gasteiger partial charge in [-0.3, -0.25) is 9.59 Å². The molecule has 0 aliphatic heterocycles. The average molecular weight is 399 g/mol. The van der Waals surface area contributed by atoms with Gasteiger partial charge in [-0.25, -0.2) is 4.79 Å². The molecular formula is C22H25NO6. The Hall–Kier alpha value is -3.19. The van der Waals surface area contributed by atoms with Gasteiger partial charge in [-0.2, -0.15) is 0 Å². The Bertz CT molecular complexity index is 819. The van der Waals surface area contributed by atoms with Crippen LogP contribution in [0.5, 0.6) is 0 Å². The highest BCUT2D eigenvalue weighted by atomic mass is 16.5. The summed E-state index contributed by atoms with van der Waals surface area (Å²) >= 11 is 0. The molecule has 2 aromatic rings. The Morgan fingerprint density at radius 1 is 0.966 bits per heavy atom. The Morgan fingerprint density at radius 2 is 1.59 bits per heavy atom. The maximum Gasteiger partial charge on any atom is 0.332 e. The number of hydrogen-bond acceptors (Lipinski definition) is 4. The molecule has 0 aliphatic carbocycles. The zero-order valence-corrected chi connectivity index (χ0v) is 16.2. The van der Waals surface area contributed by atoms with Crippen molar-refractivity contribution in [3.05, 3.63) is 60.2 Å². The fourth-order valence-electron chi connectivity index (χ4n) is 3.02. The number of hydrogen-bond donors (Lipinski definition) is 3. The molecule has 0 aliphatic rings. The molecule has 2 atom stereocenters. The van der Waals surface area contributed by atoms with Crippen LogP contribution in [0, 0.1) is 5.92 Å². The number of ether oxygens (including phenoxy) is 1. The smallest absolute Gasteiger partial charge is 0.332 e. The fourth-order valence-corrected chi connectivity index (χ4v) is 3.02. The zero-order valence-electron chi connectivity index (χ0n) is 16.2. The van der Waals surface area contributed by atoms with Gasteiger partial charge in [-0.15, -0.1) is 0 Å². The van der Waals surface area contributed by atoms with Gasteiger partial charge >= 0.3 is 11.9 Å². The van der Waals surface area contributed by atoms with E-state index in [1.807, 2.05) is 54.6 Å². The van der Waals surface area contributed by atoms with E-state index in [1.165, 1.54) is 7.11 Å². The standard InChI is InChI=1S/C22H25NO6/c1-29-19(22(27)28)14-18(21(26)23-12-11-20(24)25)13-15-7-9-17(10-8-15)16-5-3-2-4-6-16/h2-10,18-19H,11-14H2,1H3,(H,23,26)(H,24,25)(H,27,28)/t18-,19+/m1/s1. The van der Waals surface area contributed by atoms with Gasteiger partial charge in [-0.1, -0.05) is 54.6 Å². The van der Waals surface area contributed by atoms with Crippen molar-refractivity contribution in [2.24, 2.45) is 5.92 Å². The van der Waals surface area contributed by atoms with Crippen molar-refractivity contribution in [3.8, 4) is 11.1 Å². The summed E-state index contributed by atoms with van der Waals surface area (Å²) in [6.45, 7) is -0.0116. The van der Waals surface area contributed by atoms with Gasteiger partial charge < -0.3 is 20.3 Å². The van der Waals surface area contributed by atoms with Crippen molar-refractivity contribution in [3.63, 3.8) is 0 Å². The average Bonchev–Trinajstić information content (AvgIpc) is 2.71. The molecule has 0 fully saturated rings. The van der Waals surface area contributed by atoms with Gasteiger partial charge in [0.25, 0.3) is 0 Å². The monoisotopic (exact) mass is 399 g/mol. The van der Waals surface area contributed by atoms with Crippen LogP contribution in [0.25, 0.3) is 11.1 Å². The summed E-state index contributed by atoms with van der Waals surface area (Å²) in [5.41, 5.74) is 2.99. The third-order valence-corrected chi connectivity index (χ3v) is 4.61. The molecule has 0 saturated carbocycles. The number of carbonyl (C=O) groups excluding carboxylic acids is 1. The minimum Gasteiger partial charge on any atom is -0.481 e. The van der Waals surface area contributed by atoms with Crippen LogP contribution in [0.3, 0.4) is 0 Å². The zero-order chi connectivity index (χ0) is 21.2. The molecule has 2 rings (SSSR count). The molecule has 7 heteroatoms. The Balaban J connectivity index is 2.11. The maximum absolute atomic E-state index is 12.5. The summed E-state index contributed by atoms with van der Waals surface area (Å²) in [6.07, 6.45) is -1.00. The number of carboxylic acids is 2. The molecule has 3 N–H and O–H groups in total. The van der Waals surface area contributed by atoms with E-state index in [0.29, 0.717) is 6.42 Å². The minimum atomic E-state index is -1.14. The van der Waals surface area contributed by atoms with Gasteiger partial charge in [0.05, 0.1) is 6.42 Å². The Kier molecular flexibility index (Phi) is 8.36. The van der Waals surface area contributed by atoms with Crippen LogP contribution in [0.4, 0.5) is 0 Å². The van der Waals surface area contributed by atoms with Gasteiger partial charge in [0.15, 0.2) is 6.10 Å². The first kappa shape index (κ1) is 22.1. The van der Waals surface area contributed by atoms with E-state index in [0.717, 1.165) is 16.7 Å². The van der Waals surface area contributed by atoms with Crippen molar-refractivity contribution in [1.29, 1.82) is 0 Å². The first-order valence-electron chi connectivity index (χ1n) is 9.30. The molecule has 0 unspecified atom stereocenters. The number of nitrogens with one attached hydrogen (secondary N) is 1. The normalized spacial score (nSPS) is 12.7. The van der Waals surface area contributed by atoms with Gasteiger partial charge in [0, 0.05) is 19.6 Å². The number of amides is 1. The molecule has 7 nitrogen and oxygen atoms in total. The molecule has 0 saturated heterocycles. The van der Waals surface area contributed by atoms with Crippen LogP contribution >= 0.6 is 0 Å². The van der Waals surface area contributed by atoms with Crippen LogP contribution in [-0.4, -0.2) is 47.8 Å². The lowest BCUT2D eigenvalue weighted by Gasteiger charge is -2.20. The van der Waals surface area contributed by atoms with E-state index in [4.69, 9.17) is 9.84 Å². The second-order valence-electron chi connectivity index (χ2n) is 6.70. The van der Waals surface area contributed by atoms with Crippen LogP contribution in [0.15, 0.2) is 54.6 Å². The number of carboxylic acid groups (broad SMARTS) is 2. The van der Waals surface area contributed by atoms with Crippen molar-refractivity contribution in [2.75, 3.05) is 13.7 Å². The van der Waals surface area contributed by atoms with Crippen molar-refractivity contribution in [1.82, 2.24) is 5.32 Å². The molecule has 0 heterocycles. The van der Waals surface area contributed by atoms with E-state index < -0.39 is 24.0 Å². The highest BCUT2D eigenvalue weighted by Crippen LogP contribution is 2.22. The molecule has 0 spiro atoms. The second kappa shape index (κ2) is 11.0. The van der Waals surface area contributed by atoms with Crippen LogP contribution in [0.1, 0.15) is 18.4 Å². The quantitative estimate of drug-likeness (QED) is 0.535. The first-order chi connectivity index (χ1) is 13.9. The number of methoxy groups -OCH3 is 1. The fraction of sp³-hybridized carbons (Fsp3) is 0.318. The molecule has 0 bridgehead atoms. The lowest BCUT2D eigenvalue weighted by molar-refractivity contribution is -0.150. The van der Waals surface area contributed by atoms with E-state index >= 15 is 0 Å². The lowest BCUT2D eigenvalue weighted by Crippen LogP contribution is -2.37. The lowest BCUT2D eigenvalue weighted by atomic mass is 9.91. The maximum atomic E-state index is 12.5. The topological polar surface area (TPSA) is 113 Å². The van der Waals surface area contributed by atoms with E-state index in [9.17, 15) is 19.5 Å². The molecule has 1 amide bonds. The number of carbonyl (C=O) groups is 3. The molecule has 29 heavy (non-hydrogen) atoms. The van der Waals surface area contributed by atoms with Crippen LogP contribution in [0.2, 0.25) is 0 Å². The highest BCUT2D eigenvalue weighted by Gasteiger charge is 2.27. The summed E-state index contributed by atoms with van der Waals surface area (Å²) < 4.78 is 4.98. The van der Waals surface area contributed by atoms with Crippen molar-refractivity contribution in [2.45, 2.75) is 25.4 Å². The summed E-state index contributed by atoms with van der Waals surface area (Å²) in [5, 5.41) is 20.5. The molecular weight excluding hydrogens is 374 g/mol. The minimum absolute atomic E-state index is 0.00876. The SMILES string of the molecule is CO[C@@H](C[C@@H](Cc1ccc(-c2ccccc2)cc1)C(=O)NCCC(=O)O)C(=O)O. The van der Waals surface area contributed by atoms with E-state index in [2.05, 4.69) is 5.32 Å². The summed E-state index contributed by atoms with van der Waals surface area (Å²) in [5.74, 6) is -3.21. The molecule has 2 aromatic carbocycles. The summed E-state index contributed by atoms with van der Waals surface area (Å²) in [7, 11) is 1.28. The number of aliphatic carboxylic acids is 2. The number of rotatable bonds is 11. The van der Waals surface area contributed by atoms with Gasteiger partial charge in [0.2, 0.25) is 5.91 Å². The van der Waals surface area contributed by atoms with Crippen LogP contribution in [-0.2, 0) is 25.5 Å². The highest BCUT2D eigenvalue weighted by molar-refractivity contribution is 5.81. The summed E-state index contributed by atoms with van der Waals surface area (Å²) in [6, 6.07) is 17.6. The largest absolute Gasteiger partial charge is 0.481 e. The third kappa shape index (κ3) is 7.04. The van der Waals surface area contributed by atoms with E-state index in [-0.39, 0.29) is 25.3 Å². The molecule has 154 valence electrons. The first-order valence-corrected chi connectivity index (χ1v) is 9.30. The number of benzene rings is 2. The Morgan fingerprint density at radius 3 is 2.14 bits per heavy atom. The predicted molar refractivity (Wildman–Crippen MR) is 107 cm³/mol. The van der Waals surface area contributed by atoms with Crippen molar-refractivity contribution >= 4 is 17.8 Å². The van der Waals surface area contributed by atoms with E-state index in [1.54, 1.807) is 0 Å². The second-order valence-corrected chi connectivity index (χ2v) is 6.70. The molecule has 0 aromatic heterocycles. The van der Waals surface area contributed by atoms with Gasteiger partial charge in [-0.05, 0) is 29.5 Å². The van der Waals surface area contributed by atoms with Crippen molar-refractivity contribution < 1.29 is 29.3 Å². The predicted octanol–water partition coefficient (Wildman–Crippen LogP) is 2.59. The Labute approximate surface area is 169 Å². The van der Waals surface area contributed by atoms with Crippen LogP contribution < -0.4 is 5.32 Å². The third-order valence-electron chi connectivity index (χ3n) is 4.61. The summed E-state index contributed by atoms with van der Waals surface area (Å²) in [4.78, 5) is 34.5.